The number of aliphatic hydroxyl groups is 1. The zero-order valence-corrected chi connectivity index (χ0v) is 13.2. The first-order chi connectivity index (χ1) is 10.5. The minimum Gasteiger partial charge on any atom is -0.391 e. The van der Waals surface area contributed by atoms with Crippen LogP contribution in [0.5, 0.6) is 0 Å². The lowest BCUT2D eigenvalue weighted by molar-refractivity contribution is -0.138. The minimum atomic E-state index is -0.421. The molecule has 0 bridgehead atoms. The smallest absolute Gasteiger partial charge is 0.226 e. The monoisotopic (exact) mass is 304 g/mol. The van der Waals surface area contributed by atoms with E-state index in [1.165, 1.54) is 0 Å². The second-order valence-electron chi connectivity index (χ2n) is 6.76. The first-order valence-electron chi connectivity index (χ1n) is 8.04. The van der Waals surface area contributed by atoms with Crippen LogP contribution in [-0.2, 0) is 4.79 Å². The van der Waals surface area contributed by atoms with Crippen molar-refractivity contribution in [2.75, 3.05) is 24.5 Å². The Kier molecular flexibility index (Phi) is 4.04. The fraction of sp³-hybridized carbons (Fsp3) is 0.688. The van der Waals surface area contributed by atoms with E-state index in [-0.39, 0.29) is 5.91 Å². The molecule has 0 saturated carbocycles. The number of rotatable bonds is 2. The number of β-amino-alcohol motifs (C(OH)–C–C–N with tert-alkyl or cyclic N) is 1. The molecule has 2 aliphatic heterocycles. The lowest BCUT2D eigenvalue weighted by Gasteiger charge is -2.44. The highest BCUT2D eigenvalue weighted by Gasteiger charge is 2.45. The predicted molar refractivity (Wildman–Crippen MR) is 83.6 cm³/mol. The highest BCUT2D eigenvalue weighted by atomic mass is 16.3. The molecule has 1 aromatic rings. The molecule has 2 N–H and O–H groups in total. The van der Waals surface area contributed by atoms with Crippen LogP contribution in [-0.4, -0.2) is 46.7 Å². The van der Waals surface area contributed by atoms with E-state index in [0.717, 1.165) is 37.6 Å². The Morgan fingerprint density at radius 1 is 1.41 bits per heavy atom. The number of piperidine rings is 2. The Morgan fingerprint density at radius 2 is 2.14 bits per heavy atom. The molecule has 6 heteroatoms. The standard InChI is InChI=1S/C16H24N4O2/c1-11(2)14-17-6-3-13(19-14)20-7-4-16(5-8-20)9-12(21)10-18-15(16)22/h3,6,11-12,21H,4-5,7-10H2,1-2H3,(H,18,22). The van der Waals surface area contributed by atoms with Gasteiger partial charge in [0.15, 0.2) is 0 Å². The summed E-state index contributed by atoms with van der Waals surface area (Å²) in [6.45, 7) is 6.12. The van der Waals surface area contributed by atoms with Gasteiger partial charge in [-0.25, -0.2) is 9.97 Å². The molecule has 6 nitrogen and oxygen atoms in total. The molecule has 3 heterocycles. The third kappa shape index (κ3) is 2.79. The van der Waals surface area contributed by atoms with Gasteiger partial charge < -0.3 is 15.3 Å². The summed E-state index contributed by atoms with van der Waals surface area (Å²) in [5, 5.41) is 12.7. The lowest BCUT2D eigenvalue weighted by atomic mass is 9.71. The van der Waals surface area contributed by atoms with Gasteiger partial charge in [0.05, 0.1) is 11.5 Å². The zero-order valence-electron chi connectivity index (χ0n) is 13.2. The Balaban J connectivity index is 1.71. The van der Waals surface area contributed by atoms with Crippen molar-refractivity contribution in [1.82, 2.24) is 15.3 Å². The SMILES string of the molecule is CC(C)c1nccc(N2CCC3(CC2)CC(O)CNC3=O)n1. The summed E-state index contributed by atoms with van der Waals surface area (Å²) >= 11 is 0. The molecule has 2 aliphatic rings. The fourth-order valence-corrected chi connectivity index (χ4v) is 3.43. The van der Waals surface area contributed by atoms with Crippen LogP contribution in [0.1, 0.15) is 44.9 Å². The van der Waals surface area contributed by atoms with E-state index in [2.05, 4.69) is 34.0 Å². The number of carbonyl (C=O) groups is 1. The topological polar surface area (TPSA) is 78.4 Å². The molecule has 1 amide bonds. The van der Waals surface area contributed by atoms with Gasteiger partial charge in [-0.3, -0.25) is 4.79 Å². The molecule has 1 atom stereocenters. The van der Waals surface area contributed by atoms with Crippen LogP contribution < -0.4 is 10.2 Å². The molecule has 22 heavy (non-hydrogen) atoms. The van der Waals surface area contributed by atoms with Gasteiger partial charge in [0.2, 0.25) is 5.91 Å². The molecular formula is C16H24N4O2. The van der Waals surface area contributed by atoms with Crippen LogP contribution in [0.25, 0.3) is 0 Å². The van der Waals surface area contributed by atoms with Crippen molar-refractivity contribution >= 4 is 11.7 Å². The van der Waals surface area contributed by atoms with Crippen LogP contribution in [0.3, 0.4) is 0 Å². The van der Waals surface area contributed by atoms with Crippen molar-refractivity contribution in [1.29, 1.82) is 0 Å². The zero-order chi connectivity index (χ0) is 15.7. The summed E-state index contributed by atoms with van der Waals surface area (Å²) in [7, 11) is 0. The average Bonchev–Trinajstić information content (AvgIpc) is 2.52. The molecule has 3 rings (SSSR count). The maximum Gasteiger partial charge on any atom is 0.226 e. The molecule has 1 unspecified atom stereocenters. The van der Waals surface area contributed by atoms with Crippen molar-refractivity contribution < 1.29 is 9.90 Å². The number of carbonyl (C=O) groups excluding carboxylic acids is 1. The summed E-state index contributed by atoms with van der Waals surface area (Å²) in [6, 6.07) is 1.93. The van der Waals surface area contributed by atoms with E-state index < -0.39 is 11.5 Å². The van der Waals surface area contributed by atoms with Gasteiger partial charge in [-0.05, 0) is 25.3 Å². The van der Waals surface area contributed by atoms with Crippen LogP contribution >= 0.6 is 0 Å². The van der Waals surface area contributed by atoms with E-state index in [1.807, 2.05) is 6.07 Å². The van der Waals surface area contributed by atoms with Gasteiger partial charge in [0, 0.05) is 31.7 Å². The minimum absolute atomic E-state index is 0.100. The highest BCUT2D eigenvalue weighted by Crippen LogP contribution is 2.39. The second kappa shape index (κ2) is 5.83. The summed E-state index contributed by atoms with van der Waals surface area (Å²) in [6.07, 6.45) is 3.48. The van der Waals surface area contributed by atoms with Crippen LogP contribution in [0.15, 0.2) is 12.3 Å². The van der Waals surface area contributed by atoms with Crippen molar-refractivity contribution in [3.05, 3.63) is 18.1 Å². The summed E-state index contributed by atoms with van der Waals surface area (Å²) in [4.78, 5) is 23.4. The molecule has 0 radical (unpaired) electrons. The Hall–Kier alpha value is -1.69. The molecular weight excluding hydrogens is 280 g/mol. The molecule has 2 fully saturated rings. The summed E-state index contributed by atoms with van der Waals surface area (Å²) in [5.74, 6) is 2.19. The van der Waals surface area contributed by atoms with Crippen molar-refractivity contribution in [2.45, 2.75) is 45.1 Å². The van der Waals surface area contributed by atoms with Gasteiger partial charge in [-0.15, -0.1) is 0 Å². The molecule has 1 aromatic heterocycles. The van der Waals surface area contributed by atoms with Gasteiger partial charge in [-0.1, -0.05) is 13.8 Å². The van der Waals surface area contributed by atoms with Gasteiger partial charge in [0.25, 0.3) is 0 Å². The average molecular weight is 304 g/mol. The number of nitrogens with one attached hydrogen (secondary N) is 1. The maximum absolute atomic E-state index is 12.2. The van der Waals surface area contributed by atoms with Crippen molar-refractivity contribution in [3.63, 3.8) is 0 Å². The Labute approximate surface area is 131 Å². The van der Waals surface area contributed by atoms with E-state index in [4.69, 9.17) is 0 Å². The lowest BCUT2D eigenvalue weighted by Crippen LogP contribution is -2.56. The van der Waals surface area contributed by atoms with Crippen LogP contribution in [0.4, 0.5) is 5.82 Å². The second-order valence-corrected chi connectivity index (χ2v) is 6.76. The summed E-state index contributed by atoms with van der Waals surface area (Å²) < 4.78 is 0. The van der Waals surface area contributed by atoms with Gasteiger partial charge >= 0.3 is 0 Å². The van der Waals surface area contributed by atoms with Crippen LogP contribution in [0.2, 0.25) is 0 Å². The van der Waals surface area contributed by atoms with Crippen molar-refractivity contribution in [3.8, 4) is 0 Å². The number of amides is 1. The number of anilines is 1. The van der Waals surface area contributed by atoms with Gasteiger partial charge in [-0.2, -0.15) is 0 Å². The Morgan fingerprint density at radius 3 is 2.82 bits per heavy atom. The quantitative estimate of drug-likeness (QED) is 0.854. The number of nitrogens with zero attached hydrogens (tertiary/aromatic N) is 3. The van der Waals surface area contributed by atoms with Crippen molar-refractivity contribution in [2.24, 2.45) is 5.41 Å². The molecule has 0 aromatic carbocycles. The van der Waals surface area contributed by atoms with E-state index in [9.17, 15) is 9.90 Å². The molecule has 2 saturated heterocycles. The maximum atomic E-state index is 12.2. The fourth-order valence-electron chi connectivity index (χ4n) is 3.43. The third-order valence-corrected chi connectivity index (χ3v) is 4.83. The normalized spacial score (nSPS) is 24.6. The first-order valence-corrected chi connectivity index (χ1v) is 8.04. The Bertz CT molecular complexity index is 553. The van der Waals surface area contributed by atoms with Crippen LogP contribution in [0, 0.1) is 5.41 Å². The number of hydrogen-bond donors (Lipinski definition) is 2. The number of aromatic nitrogens is 2. The largest absolute Gasteiger partial charge is 0.391 e. The van der Waals surface area contributed by atoms with E-state index in [1.54, 1.807) is 6.20 Å². The van der Waals surface area contributed by atoms with Gasteiger partial charge in [0.1, 0.15) is 11.6 Å². The number of hydrogen-bond acceptors (Lipinski definition) is 5. The first kappa shape index (κ1) is 15.2. The predicted octanol–water partition coefficient (Wildman–Crippen LogP) is 1.07. The third-order valence-electron chi connectivity index (χ3n) is 4.83. The molecule has 120 valence electrons. The number of aliphatic hydroxyl groups excluding tert-OH is 1. The van der Waals surface area contributed by atoms with E-state index in [0.29, 0.717) is 18.9 Å². The highest BCUT2D eigenvalue weighted by molar-refractivity contribution is 5.83. The molecule has 1 spiro atoms. The molecule has 0 aliphatic carbocycles. The summed E-state index contributed by atoms with van der Waals surface area (Å²) in [5.41, 5.74) is -0.401. The van der Waals surface area contributed by atoms with E-state index >= 15 is 0 Å².